The largest absolute Gasteiger partial charge is 0.381 e. The SMILES string of the molecule is Cc1ccccc1C1(O)CN(C(=O)c2ccc(NS(=O)(=O)c3cccc4cccnc34)cc2)C1. The Bertz CT molecular complexity index is 1490. The van der Waals surface area contributed by atoms with Crippen molar-refractivity contribution in [3.63, 3.8) is 0 Å². The second kappa shape index (κ2) is 8.23. The molecule has 172 valence electrons. The summed E-state index contributed by atoms with van der Waals surface area (Å²) in [6.07, 6.45) is 1.55. The van der Waals surface area contributed by atoms with Gasteiger partial charge in [0.05, 0.1) is 18.6 Å². The number of para-hydroxylation sites is 1. The molecule has 4 aromatic rings. The standard InChI is InChI=1S/C26H23N3O4S/c1-18-6-2-3-9-22(18)26(31)16-29(17-26)25(30)20-11-13-21(14-12-20)28-34(32,33)23-10-4-7-19-8-5-15-27-24(19)23/h2-15,28,31H,16-17H2,1H3. The molecule has 1 amide bonds. The van der Waals surface area contributed by atoms with Crippen molar-refractivity contribution in [3.05, 3.63) is 102 Å². The minimum absolute atomic E-state index is 0.0850. The lowest BCUT2D eigenvalue weighted by atomic mass is 9.83. The third-order valence-electron chi connectivity index (χ3n) is 6.11. The van der Waals surface area contributed by atoms with Gasteiger partial charge in [0.15, 0.2) is 0 Å². The summed E-state index contributed by atoms with van der Waals surface area (Å²) in [7, 11) is -3.87. The van der Waals surface area contributed by atoms with E-state index in [2.05, 4.69) is 9.71 Å². The normalized spacial score (nSPS) is 15.1. The lowest BCUT2D eigenvalue weighted by Gasteiger charge is -2.47. The third-order valence-corrected chi connectivity index (χ3v) is 7.52. The van der Waals surface area contributed by atoms with Gasteiger partial charge in [-0.15, -0.1) is 0 Å². The number of sulfonamides is 1. The Morgan fingerprint density at radius 2 is 1.68 bits per heavy atom. The Morgan fingerprint density at radius 1 is 0.971 bits per heavy atom. The molecule has 2 heterocycles. The summed E-state index contributed by atoms with van der Waals surface area (Å²) in [5.74, 6) is -0.217. The number of anilines is 1. The average Bonchev–Trinajstić information content (AvgIpc) is 2.82. The van der Waals surface area contributed by atoms with Gasteiger partial charge in [-0.05, 0) is 54.4 Å². The number of β-amino-alcohol motifs (C(OH)–C–C–N with tert-alkyl or cyclic N) is 1. The van der Waals surface area contributed by atoms with Crippen LogP contribution in [0.3, 0.4) is 0 Å². The van der Waals surface area contributed by atoms with Gasteiger partial charge in [0.1, 0.15) is 10.5 Å². The van der Waals surface area contributed by atoms with E-state index < -0.39 is 15.6 Å². The fourth-order valence-corrected chi connectivity index (χ4v) is 5.60. The molecule has 0 bridgehead atoms. The van der Waals surface area contributed by atoms with Gasteiger partial charge in [-0.2, -0.15) is 0 Å². The molecule has 0 unspecified atom stereocenters. The molecule has 1 aromatic heterocycles. The molecule has 2 N–H and O–H groups in total. The molecular formula is C26H23N3O4S. The molecule has 1 fully saturated rings. The number of benzene rings is 3. The molecule has 8 heteroatoms. The molecule has 5 rings (SSSR count). The van der Waals surface area contributed by atoms with Gasteiger partial charge in [0.2, 0.25) is 0 Å². The lowest BCUT2D eigenvalue weighted by Crippen LogP contribution is -2.61. The molecular weight excluding hydrogens is 450 g/mol. The van der Waals surface area contributed by atoms with Gasteiger partial charge in [0.25, 0.3) is 15.9 Å². The minimum atomic E-state index is -3.87. The first-order valence-corrected chi connectivity index (χ1v) is 12.3. The van der Waals surface area contributed by atoms with Crippen molar-refractivity contribution in [2.45, 2.75) is 17.4 Å². The van der Waals surface area contributed by atoms with Crippen LogP contribution in [0.2, 0.25) is 0 Å². The second-order valence-corrected chi connectivity index (χ2v) is 10.2. The zero-order valence-electron chi connectivity index (χ0n) is 18.5. The molecule has 0 spiro atoms. The fourth-order valence-electron chi connectivity index (χ4n) is 4.36. The van der Waals surface area contributed by atoms with Gasteiger partial charge in [-0.1, -0.05) is 42.5 Å². The summed E-state index contributed by atoms with van der Waals surface area (Å²) in [6, 6.07) is 22.4. The van der Waals surface area contributed by atoms with Gasteiger partial charge >= 0.3 is 0 Å². The van der Waals surface area contributed by atoms with E-state index in [-0.39, 0.29) is 23.9 Å². The Hall–Kier alpha value is -3.75. The second-order valence-electron chi connectivity index (χ2n) is 8.52. The fraction of sp³-hybridized carbons (Fsp3) is 0.154. The van der Waals surface area contributed by atoms with Crippen LogP contribution in [0.15, 0.2) is 90.0 Å². The monoisotopic (exact) mass is 473 g/mol. The van der Waals surface area contributed by atoms with E-state index in [4.69, 9.17) is 0 Å². The third kappa shape index (κ3) is 3.91. The van der Waals surface area contributed by atoms with Gasteiger partial charge < -0.3 is 10.0 Å². The molecule has 7 nitrogen and oxygen atoms in total. The van der Waals surface area contributed by atoms with Crippen LogP contribution in [0.25, 0.3) is 10.9 Å². The highest BCUT2D eigenvalue weighted by Crippen LogP contribution is 2.34. The maximum Gasteiger partial charge on any atom is 0.264 e. The summed E-state index contributed by atoms with van der Waals surface area (Å²) < 4.78 is 28.5. The molecule has 3 aromatic carbocycles. The van der Waals surface area contributed by atoms with E-state index in [1.54, 1.807) is 59.6 Å². The maximum absolute atomic E-state index is 13.0. The number of nitrogens with zero attached hydrogens (tertiary/aromatic N) is 2. The summed E-state index contributed by atoms with van der Waals surface area (Å²) in [5.41, 5.74) is 1.90. The maximum atomic E-state index is 13.0. The van der Waals surface area contributed by atoms with E-state index in [9.17, 15) is 18.3 Å². The van der Waals surface area contributed by atoms with Crippen molar-refractivity contribution >= 4 is 32.5 Å². The molecule has 0 radical (unpaired) electrons. The number of aryl methyl sites for hydroxylation is 1. The van der Waals surface area contributed by atoms with Crippen LogP contribution in [-0.2, 0) is 15.6 Å². The van der Waals surface area contributed by atoms with E-state index >= 15 is 0 Å². The number of pyridine rings is 1. The lowest BCUT2D eigenvalue weighted by molar-refractivity contribution is -0.0867. The molecule has 34 heavy (non-hydrogen) atoms. The van der Waals surface area contributed by atoms with Crippen LogP contribution in [-0.4, -0.2) is 42.4 Å². The summed E-state index contributed by atoms with van der Waals surface area (Å²) in [4.78, 5) is 18.7. The van der Waals surface area contributed by atoms with Gasteiger partial charge in [-0.3, -0.25) is 14.5 Å². The number of aromatic nitrogens is 1. The van der Waals surface area contributed by atoms with Crippen LogP contribution in [0, 0.1) is 6.92 Å². The smallest absolute Gasteiger partial charge is 0.264 e. The average molecular weight is 474 g/mol. The number of amides is 1. The molecule has 0 atom stereocenters. The van der Waals surface area contributed by atoms with Crippen LogP contribution >= 0.6 is 0 Å². The number of rotatable bonds is 5. The predicted molar refractivity (Wildman–Crippen MR) is 130 cm³/mol. The van der Waals surface area contributed by atoms with Crippen LogP contribution in [0.5, 0.6) is 0 Å². The predicted octanol–water partition coefficient (Wildman–Crippen LogP) is 3.69. The van der Waals surface area contributed by atoms with Crippen LogP contribution in [0.1, 0.15) is 21.5 Å². The molecule has 1 saturated heterocycles. The highest BCUT2D eigenvalue weighted by molar-refractivity contribution is 7.93. The van der Waals surface area contributed by atoms with E-state index in [0.717, 1.165) is 16.5 Å². The molecule has 1 aliphatic heterocycles. The highest BCUT2D eigenvalue weighted by Gasteiger charge is 2.45. The van der Waals surface area contributed by atoms with Crippen molar-refractivity contribution in [3.8, 4) is 0 Å². The highest BCUT2D eigenvalue weighted by atomic mass is 32.2. The first-order valence-electron chi connectivity index (χ1n) is 10.8. The van der Waals surface area contributed by atoms with Gasteiger partial charge in [-0.25, -0.2) is 8.42 Å². The quantitative estimate of drug-likeness (QED) is 0.461. The van der Waals surface area contributed by atoms with Crippen molar-refractivity contribution in [1.29, 1.82) is 0 Å². The van der Waals surface area contributed by atoms with Crippen molar-refractivity contribution in [1.82, 2.24) is 9.88 Å². The van der Waals surface area contributed by atoms with Crippen molar-refractivity contribution in [2.75, 3.05) is 17.8 Å². The number of hydrogen-bond donors (Lipinski definition) is 2. The Kier molecular flexibility index (Phi) is 5.34. The summed E-state index contributed by atoms with van der Waals surface area (Å²) in [6.45, 7) is 2.35. The van der Waals surface area contributed by atoms with E-state index in [1.807, 2.05) is 31.2 Å². The van der Waals surface area contributed by atoms with Crippen molar-refractivity contribution < 1.29 is 18.3 Å². The molecule has 1 aliphatic rings. The summed E-state index contributed by atoms with van der Waals surface area (Å²) >= 11 is 0. The number of aliphatic hydroxyl groups is 1. The first kappa shape index (κ1) is 22.1. The van der Waals surface area contributed by atoms with Crippen LogP contribution in [0.4, 0.5) is 5.69 Å². The number of nitrogens with one attached hydrogen (secondary N) is 1. The zero-order chi connectivity index (χ0) is 23.9. The van der Waals surface area contributed by atoms with E-state index in [1.165, 1.54) is 6.07 Å². The number of likely N-dealkylation sites (tertiary alicyclic amines) is 1. The summed E-state index contributed by atoms with van der Waals surface area (Å²) in [5, 5.41) is 11.6. The Labute approximate surface area is 197 Å². The minimum Gasteiger partial charge on any atom is -0.381 e. The van der Waals surface area contributed by atoms with E-state index in [0.29, 0.717) is 16.8 Å². The van der Waals surface area contributed by atoms with Crippen LogP contribution < -0.4 is 4.72 Å². The zero-order valence-corrected chi connectivity index (χ0v) is 19.3. The Balaban J connectivity index is 1.30. The number of fused-ring (bicyclic) bond motifs is 1. The first-order chi connectivity index (χ1) is 16.3. The molecule has 0 saturated carbocycles. The number of hydrogen-bond acceptors (Lipinski definition) is 5. The number of carbonyl (C=O) groups is 1. The number of carbonyl (C=O) groups excluding carboxylic acids is 1. The molecule has 0 aliphatic carbocycles. The van der Waals surface area contributed by atoms with Crippen molar-refractivity contribution in [2.24, 2.45) is 0 Å². The topological polar surface area (TPSA) is 99.6 Å². The van der Waals surface area contributed by atoms with Gasteiger partial charge in [0, 0.05) is 22.8 Å². The Morgan fingerprint density at radius 3 is 2.41 bits per heavy atom.